The third kappa shape index (κ3) is 4.98. The summed E-state index contributed by atoms with van der Waals surface area (Å²) in [6.45, 7) is 8.50. The Kier molecular flexibility index (Phi) is 7.41. The van der Waals surface area contributed by atoms with Gasteiger partial charge in [0.25, 0.3) is 5.56 Å². The third-order valence-corrected chi connectivity index (χ3v) is 7.56. The van der Waals surface area contributed by atoms with Crippen LogP contribution in [0.25, 0.3) is 0 Å². The van der Waals surface area contributed by atoms with Crippen LogP contribution in [0, 0.1) is 11.3 Å². The van der Waals surface area contributed by atoms with Crippen LogP contribution >= 0.6 is 11.8 Å². The van der Waals surface area contributed by atoms with Gasteiger partial charge in [-0.3, -0.25) is 9.59 Å². The van der Waals surface area contributed by atoms with Gasteiger partial charge in [0.05, 0.1) is 26.9 Å². The van der Waals surface area contributed by atoms with E-state index in [4.69, 9.17) is 19.2 Å². The number of hydrogen-bond acceptors (Lipinski definition) is 8. The summed E-state index contributed by atoms with van der Waals surface area (Å²) in [5, 5.41) is 3.94. The maximum Gasteiger partial charge on any atom is 0.257 e. The summed E-state index contributed by atoms with van der Waals surface area (Å²) in [6.07, 6.45) is 2.10. The Labute approximate surface area is 216 Å². The van der Waals surface area contributed by atoms with Gasteiger partial charge in [0.2, 0.25) is 5.75 Å². The number of hydrogen-bond donors (Lipinski definition) is 2. The maximum atomic E-state index is 13.5. The van der Waals surface area contributed by atoms with Gasteiger partial charge in [-0.25, -0.2) is 4.98 Å². The van der Waals surface area contributed by atoms with Crippen molar-refractivity contribution < 1.29 is 19.0 Å². The van der Waals surface area contributed by atoms with Crippen molar-refractivity contribution in [2.24, 2.45) is 11.3 Å². The molecule has 2 aromatic rings. The summed E-state index contributed by atoms with van der Waals surface area (Å²) in [4.78, 5) is 34.8. The predicted molar refractivity (Wildman–Crippen MR) is 142 cm³/mol. The lowest BCUT2D eigenvalue weighted by molar-refractivity contribution is -0.118. The molecular weight excluding hydrogens is 478 g/mol. The van der Waals surface area contributed by atoms with Crippen LogP contribution in [-0.2, 0) is 4.79 Å². The van der Waals surface area contributed by atoms with E-state index in [9.17, 15) is 9.59 Å². The highest BCUT2D eigenvalue weighted by atomic mass is 32.2. The Bertz CT molecular complexity index is 1240. The first-order valence-electron chi connectivity index (χ1n) is 12.2. The van der Waals surface area contributed by atoms with Gasteiger partial charge in [0.1, 0.15) is 5.82 Å². The molecular formula is C27H35N3O5S. The lowest BCUT2D eigenvalue weighted by Gasteiger charge is -2.38. The lowest BCUT2D eigenvalue weighted by Crippen LogP contribution is -2.37. The molecule has 1 atom stereocenters. The highest BCUT2D eigenvalue weighted by Crippen LogP contribution is 2.50. The Balaban J connectivity index is 1.91. The number of Topliss-reactive ketones (excluding diaryl/α,β-unsaturated/α-hetero) is 1. The van der Waals surface area contributed by atoms with Crippen LogP contribution in [0.3, 0.4) is 0 Å². The Morgan fingerprint density at radius 2 is 1.75 bits per heavy atom. The minimum absolute atomic E-state index is 0.0212. The second-order valence-corrected chi connectivity index (χ2v) is 11.6. The van der Waals surface area contributed by atoms with E-state index in [-0.39, 0.29) is 16.8 Å². The molecule has 0 bridgehead atoms. The highest BCUT2D eigenvalue weighted by molar-refractivity contribution is 7.99. The predicted octanol–water partition coefficient (Wildman–Crippen LogP) is 5.13. The first-order chi connectivity index (χ1) is 17.1. The number of carbonyl (C=O) groups is 1. The van der Waals surface area contributed by atoms with Crippen LogP contribution in [0.15, 0.2) is 33.4 Å². The third-order valence-electron chi connectivity index (χ3n) is 6.65. The molecule has 0 fully saturated rings. The number of benzene rings is 1. The van der Waals surface area contributed by atoms with Crippen molar-refractivity contribution in [3.05, 3.63) is 44.9 Å². The average molecular weight is 514 g/mol. The monoisotopic (exact) mass is 513 g/mol. The highest BCUT2D eigenvalue weighted by Gasteiger charge is 2.43. The van der Waals surface area contributed by atoms with Gasteiger partial charge in [-0.1, -0.05) is 39.5 Å². The molecule has 0 saturated carbocycles. The number of aromatic nitrogens is 2. The van der Waals surface area contributed by atoms with Crippen molar-refractivity contribution in [2.75, 3.05) is 32.4 Å². The minimum Gasteiger partial charge on any atom is -0.493 e. The number of nitrogens with zero attached hydrogens (tertiary/aromatic N) is 1. The number of rotatable bonds is 8. The molecule has 2 aliphatic rings. The number of aromatic amines is 1. The summed E-state index contributed by atoms with van der Waals surface area (Å²) in [5.74, 6) is 2.70. The van der Waals surface area contributed by atoms with Crippen LogP contribution in [0.4, 0.5) is 5.82 Å². The number of ketones is 1. The van der Waals surface area contributed by atoms with E-state index in [1.165, 1.54) is 11.8 Å². The normalized spacial score (nSPS) is 18.4. The van der Waals surface area contributed by atoms with Gasteiger partial charge < -0.3 is 24.5 Å². The van der Waals surface area contributed by atoms with E-state index in [0.717, 1.165) is 17.9 Å². The molecule has 4 rings (SSSR count). The van der Waals surface area contributed by atoms with Gasteiger partial charge in [-0.05, 0) is 41.9 Å². The summed E-state index contributed by atoms with van der Waals surface area (Å²) >= 11 is 1.53. The van der Waals surface area contributed by atoms with Gasteiger partial charge in [-0.2, -0.15) is 0 Å². The van der Waals surface area contributed by atoms with Crippen LogP contribution in [-0.4, -0.2) is 42.8 Å². The van der Waals surface area contributed by atoms with Crippen LogP contribution < -0.4 is 25.1 Å². The molecule has 1 aliphatic carbocycles. The SMILES string of the molecule is COc1cc(C2C3=C(CC(C)(C)CC3=O)Nc3nc(SCCC(C)C)[nH]c(=O)c32)cc(OC)c1OC. The van der Waals surface area contributed by atoms with Crippen molar-refractivity contribution in [3.63, 3.8) is 0 Å². The number of methoxy groups -OCH3 is 3. The van der Waals surface area contributed by atoms with Crippen LogP contribution in [0.1, 0.15) is 64.0 Å². The molecule has 194 valence electrons. The van der Waals surface area contributed by atoms with Crippen molar-refractivity contribution in [1.29, 1.82) is 0 Å². The topological polar surface area (TPSA) is 103 Å². The quantitative estimate of drug-likeness (QED) is 0.370. The van der Waals surface area contributed by atoms with Crippen molar-refractivity contribution >= 4 is 23.4 Å². The van der Waals surface area contributed by atoms with Crippen LogP contribution in [0.2, 0.25) is 0 Å². The Morgan fingerprint density at radius 1 is 1.08 bits per heavy atom. The molecule has 1 unspecified atom stereocenters. The number of H-pyrrole nitrogens is 1. The molecule has 2 N–H and O–H groups in total. The fourth-order valence-electron chi connectivity index (χ4n) is 4.95. The molecule has 0 spiro atoms. The van der Waals surface area contributed by atoms with Gasteiger partial charge in [-0.15, -0.1) is 0 Å². The first kappa shape index (κ1) is 26.1. The largest absolute Gasteiger partial charge is 0.493 e. The zero-order chi connectivity index (χ0) is 26.2. The molecule has 36 heavy (non-hydrogen) atoms. The van der Waals surface area contributed by atoms with E-state index < -0.39 is 5.92 Å². The standard InChI is InChI=1S/C27H35N3O5S/c1-14(2)8-9-36-26-29-24-22(25(32)30-26)20(21-16(28-24)12-27(3,4)13-17(21)31)15-10-18(33-5)23(35-7)19(11-15)34-6/h10-11,14,20H,8-9,12-13H2,1-7H3,(H2,28,29,30,32). The smallest absolute Gasteiger partial charge is 0.257 e. The number of anilines is 1. The second kappa shape index (κ2) is 10.2. The summed E-state index contributed by atoms with van der Waals surface area (Å²) in [7, 11) is 4.64. The van der Waals surface area contributed by atoms with Crippen molar-refractivity contribution in [3.8, 4) is 17.2 Å². The van der Waals surface area contributed by atoms with Gasteiger partial charge in [0.15, 0.2) is 22.4 Å². The maximum absolute atomic E-state index is 13.5. The second-order valence-electron chi connectivity index (χ2n) is 10.5. The Morgan fingerprint density at radius 3 is 2.33 bits per heavy atom. The van der Waals surface area contributed by atoms with E-state index in [0.29, 0.717) is 63.7 Å². The molecule has 0 saturated heterocycles. The fourth-order valence-corrected chi connectivity index (χ4v) is 6.06. The molecule has 0 radical (unpaired) electrons. The Hall–Kier alpha value is -2.94. The zero-order valence-corrected chi connectivity index (χ0v) is 22.9. The number of carbonyl (C=O) groups excluding carboxylic acids is 1. The first-order valence-corrected chi connectivity index (χ1v) is 13.2. The van der Waals surface area contributed by atoms with Crippen molar-refractivity contribution in [1.82, 2.24) is 9.97 Å². The summed E-state index contributed by atoms with van der Waals surface area (Å²) < 4.78 is 16.7. The molecule has 1 aromatic carbocycles. The zero-order valence-electron chi connectivity index (χ0n) is 22.0. The van der Waals surface area contributed by atoms with E-state index in [1.807, 2.05) is 12.1 Å². The number of thioether (sulfide) groups is 1. The summed E-state index contributed by atoms with van der Waals surface area (Å²) in [5.41, 5.74) is 2.09. The van der Waals surface area contributed by atoms with Gasteiger partial charge >= 0.3 is 0 Å². The van der Waals surface area contributed by atoms with Crippen molar-refractivity contribution in [2.45, 2.75) is 58.0 Å². The van der Waals surface area contributed by atoms with Gasteiger partial charge in [0, 0.05) is 29.4 Å². The number of fused-ring (bicyclic) bond motifs is 1. The molecule has 1 aromatic heterocycles. The fraction of sp³-hybridized carbons (Fsp3) is 0.519. The average Bonchev–Trinajstić information content (AvgIpc) is 2.80. The lowest BCUT2D eigenvalue weighted by atomic mass is 9.69. The van der Waals surface area contributed by atoms with Crippen LogP contribution in [0.5, 0.6) is 17.2 Å². The number of allylic oxidation sites excluding steroid dienone is 2. The summed E-state index contributed by atoms with van der Waals surface area (Å²) in [6, 6.07) is 3.62. The van der Waals surface area contributed by atoms with E-state index in [2.05, 4.69) is 38.0 Å². The minimum atomic E-state index is -0.612. The molecule has 1 aliphatic heterocycles. The molecule has 8 nitrogen and oxygen atoms in total. The molecule has 9 heteroatoms. The molecule has 0 amide bonds. The van der Waals surface area contributed by atoms with E-state index >= 15 is 0 Å². The molecule has 2 heterocycles. The number of ether oxygens (including phenoxy) is 3. The number of nitrogens with one attached hydrogen (secondary N) is 2. The van der Waals surface area contributed by atoms with E-state index in [1.54, 1.807) is 21.3 Å².